The lowest BCUT2D eigenvalue weighted by atomic mass is 9.97. The van der Waals surface area contributed by atoms with Crippen LogP contribution in [-0.4, -0.2) is 98.6 Å². The molecule has 1 amide bonds. The van der Waals surface area contributed by atoms with Crippen molar-refractivity contribution in [1.29, 1.82) is 0 Å². The van der Waals surface area contributed by atoms with E-state index in [0.717, 1.165) is 44.6 Å². The summed E-state index contributed by atoms with van der Waals surface area (Å²) >= 11 is 0. The van der Waals surface area contributed by atoms with Crippen molar-refractivity contribution in [2.75, 3.05) is 66.0 Å². The summed E-state index contributed by atoms with van der Waals surface area (Å²) in [6, 6.07) is 0.202. The minimum Gasteiger partial charge on any atom is -0.356 e. The highest BCUT2D eigenvalue weighted by molar-refractivity contribution is 5.80. The van der Waals surface area contributed by atoms with Crippen molar-refractivity contribution in [3.8, 4) is 0 Å². The van der Waals surface area contributed by atoms with Gasteiger partial charge in [0.15, 0.2) is 5.96 Å². The highest BCUT2D eigenvalue weighted by Crippen LogP contribution is 2.17. The van der Waals surface area contributed by atoms with E-state index >= 15 is 0 Å². The number of nitrogens with one attached hydrogen (secondary N) is 2. The molecule has 7 nitrogen and oxygen atoms in total. The van der Waals surface area contributed by atoms with Gasteiger partial charge in [-0.2, -0.15) is 0 Å². The molecule has 2 saturated heterocycles. The molecular formula is C21H42N6O. The summed E-state index contributed by atoms with van der Waals surface area (Å²) < 4.78 is 0. The van der Waals surface area contributed by atoms with Crippen molar-refractivity contribution in [2.24, 2.45) is 16.8 Å². The molecule has 2 aliphatic heterocycles. The van der Waals surface area contributed by atoms with E-state index in [0.29, 0.717) is 12.5 Å². The average molecular weight is 395 g/mol. The van der Waals surface area contributed by atoms with Crippen LogP contribution in [0.25, 0.3) is 0 Å². The van der Waals surface area contributed by atoms with E-state index in [1.165, 1.54) is 32.5 Å². The maximum Gasteiger partial charge on any atom is 0.234 e. The lowest BCUT2D eigenvalue weighted by Crippen LogP contribution is -2.55. The van der Waals surface area contributed by atoms with Gasteiger partial charge in [-0.25, -0.2) is 0 Å². The van der Waals surface area contributed by atoms with Gasteiger partial charge in [-0.05, 0) is 45.1 Å². The lowest BCUT2D eigenvalue weighted by molar-refractivity contribution is -0.123. The van der Waals surface area contributed by atoms with Crippen LogP contribution in [0, 0.1) is 11.8 Å². The van der Waals surface area contributed by atoms with Crippen molar-refractivity contribution >= 4 is 11.9 Å². The average Bonchev–Trinajstić information content (AvgIpc) is 2.62. The van der Waals surface area contributed by atoms with Crippen molar-refractivity contribution in [1.82, 2.24) is 25.3 Å². The van der Waals surface area contributed by atoms with Gasteiger partial charge in [-0.3, -0.25) is 14.7 Å². The summed E-state index contributed by atoms with van der Waals surface area (Å²) in [6.07, 6.45) is 2.60. The molecule has 0 saturated carbocycles. The molecule has 2 N–H and O–H groups in total. The van der Waals surface area contributed by atoms with Crippen LogP contribution in [0.3, 0.4) is 0 Å². The first kappa shape index (κ1) is 22.9. The maximum atomic E-state index is 12.0. The summed E-state index contributed by atoms with van der Waals surface area (Å²) in [5, 5.41) is 6.59. The molecule has 2 heterocycles. The Labute approximate surface area is 171 Å². The third kappa shape index (κ3) is 7.95. The van der Waals surface area contributed by atoms with Gasteiger partial charge in [0, 0.05) is 58.9 Å². The third-order valence-corrected chi connectivity index (χ3v) is 5.48. The normalized spacial score (nSPS) is 22.8. The van der Waals surface area contributed by atoms with E-state index in [2.05, 4.69) is 44.2 Å². The molecule has 1 unspecified atom stereocenters. The van der Waals surface area contributed by atoms with Gasteiger partial charge < -0.3 is 20.4 Å². The molecule has 0 aromatic heterocycles. The maximum absolute atomic E-state index is 12.0. The number of hydrogen-bond donors (Lipinski definition) is 2. The summed E-state index contributed by atoms with van der Waals surface area (Å²) in [4.78, 5) is 23.6. The number of piperazine rings is 1. The number of likely N-dealkylation sites (tertiary alicyclic amines) is 1. The number of nitrogens with zero attached hydrogens (tertiary/aromatic N) is 4. The van der Waals surface area contributed by atoms with Crippen LogP contribution in [0.15, 0.2) is 4.99 Å². The summed E-state index contributed by atoms with van der Waals surface area (Å²) in [5.41, 5.74) is 0. The van der Waals surface area contributed by atoms with Crippen LogP contribution >= 0.6 is 0 Å². The minimum absolute atomic E-state index is 0.120. The number of piperidine rings is 1. The Morgan fingerprint density at radius 1 is 1.07 bits per heavy atom. The zero-order valence-electron chi connectivity index (χ0n) is 18.7. The molecule has 1 atom stereocenters. The number of aliphatic imine (C=N–C) groups is 1. The number of amides is 1. The van der Waals surface area contributed by atoms with Crippen LogP contribution in [0.1, 0.15) is 40.5 Å². The van der Waals surface area contributed by atoms with Gasteiger partial charge in [-0.1, -0.05) is 13.8 Å². The second-order valence-corrected chi connectivity index (χ2v) is 9.08. The molecule has 2 fully saturated rings. The van der Waals surface area contributed by atoms with E-state index in [-0.39, 0.29) is 11.9 Å². The molecule has 0 aliphatic carbocycles. The number of guanidine groups is 1. The Bertz CT molecular complexity index is 499. The van der Waals surface area contributed by atoms with Gasteiger partial charge in [0.1, 0.15) is 0 Å². The number of carbonyl (C=O) groups is 1. The fraction of sp³-hybridized carbons (Fsp3) is 0.905. The molecule has 0 aromatic carbocycles. The summed E-state index contributed by atoms with van der Waals surface area (Å²) in [5.74, 6) is 2.56. The predicted octanol–water partition coefficient (Wildman–Crippen LogP) is 1.07. The largest absolute Gasteiger partial charge is 0.356 e. The molecular weight excluding hydrogens is 352 g/mol. The third-order valence-electron chi connectivity index (χ3n) is 5.48. The SMILES string of the molecule is CN=C(NCC1CCCN(CC(C)C)C1)N1CCN(CC(=O)NC(C)C)CC1. The van der Waals surface area contributed by atoms with Crippen molar-refractivity contribution in [3.05, 3.63) is 0 Å². The predicted molar refractivity (Wildman–Crippen MR) is 117 cm³/mol. The van der Waals surface area contributed by atoms with Gasteiger partial charge in [0.2, 0.25) is 5.91 Å². The van der Waals surface area contributed by atoms with Gasteiger partial charge in [0.25, 0.3) is 0 Å². The second-order valence-electron chi connectivity index (χ2n) is 9.08. The fourth-order valence-electron chi connectivity index (χ4n) is 4.26. The highest BCUT2D eigenvalue weighted by Gasteiger charge is 2.24. The first-order valence-electron chi connectivity index (χ1n) is 11.1. The zero-order valence-corrected chi connectivity index (χ0v) is 18.7. The monoisotopic (exact) mass is 394 g/mol. The van der Waals surface area contributed by atoms with E-state index in [1.807, 2.05) is 20.9 Å². The fourth-order valence-corrected chi connectivity index (χ4v) is 4.26. The lowest BCUT2D eigenvalue weighted by Gasteiger charge is -2.37. The Morgan fingerprint density at radius 3 is 2.39 bits per heavy atom. The smallest absolute Gasteiger partial charge is 0.234 e. The topological polar surface area (TPSA) is 63.2 Å². The Hall–Kier alpha value is -1.34. The molecule has 162 valence electrons. The van der Waals surface area contributed by atoms with E-state index in [4.69, 9.17) is 0 Å². The van der Waals surface area contributed by atoms with E-state index in [1.54, 1.807) is 0 Å². The quantitative estimate of drug-likeness (QED) is 0.500. The first-order chi connectivity index (χ1) is 13.4. The molecule has 2 aliphatic rings. The molecule has 7 heteroatoms. The van der Waals surface area contributed by atoms with Gasteiger partial charge >= 0.3 is 0 Å². The standard InChI is InChI=1S/C21H42N6O/c1-17(2)14-26-8-6-7-19(15-26)13-23-21(22-5)27-11-9-25(10-12-27)16-20(28)24-18(3)4/h17-19H,6-16H2,1-5H3,(H,22,23)(H,24,28). The van der Waals surface area contributed by atoms with Crippen molar-refractivity contribution in [2.45, 2.75) is 46.6 Å². The Balaban J connectivity index is 1.72. The Kier molecular flexibility index (Phi) is 9.51. The molecule has 0 radical (unpaired) electrons. The van der Waals surface area contributed by atoms with Crippen molar-refractivity contribution < 1.29 is 4.79 Å². The Morgan fingerprint density at radius 2 is 1.79 bits per heavy atom. The van der Waals surface area contributed by atoms with Crippen LogP contribution in [0.2, 0.25) is 0 Å². The van der Waals surface area contributed by atoms with Crippen LogP contribution in [-0.2, 0) is 4.79 Å². The molecule has 0 aromatic rings. The first-order valence-corrected chi connectivity index (χ1v) is 11.1. The summed E-state index contributed by atoms with van der Waals surface area (Å²) in [6.45, 7) is 17.4. The molecule has 28 heavy (non-hydrogen) atoms. The van der Waals surface area contributed by atoms with Crippen LogP contribution in [0.4, 0.5) is 0 Å². The van der Waals surface area contributed by atoms with Crippen LogP contribution in [0.5, 0.6) is 0 Å². The second kappa shape index (κ2) is 11.6. The molecule has 2 rings (SSSR count). The van der Waals surface area contributed by atoms with E-state index < -0.39 is 0 Å². The number of hydrogen-bond acceptors (Lipinski definition) is 4. The zero-order chi connectivity index (χ0) is 20.5. The summed E-state index contributed by atoms with van der Waals surface area (Å²) in [7, 11) is 1.87. The van der Waals surface area contributed by atoms with Gasteiger partial charge in [0.05, 0.1) is 6.54 Å². The van der Waals surface area contributed by atoms with E-state index in [9.17, 15) is 4.79 Å². The van der Waals surface area contributed by atoms with Crippen LogP contribution < -0.4 is 10.6 Å². The minimum atomic E-state index is 0.120. The van der Waals surface area contributed by atoms with Crippen molar-refractivity contribution in [3.63, 3.8) is 0 Å². The number of rotatable bonds is 7. The molecule has 0 bridgehead atoms. The van der Waals surface area contributed by atoms with Gasteiger partial charge in [-0.15, -0.1) is 0 Å². The highest BCUT2D eigenvalue weighted by atomic mass is 16.2. The number of carbonyl (C=O) groups excluding carboxylic acids is 1. The molecule has 0 spiro atoms.